The summed E-state index contributed by atoms with van der Waals surface area (Å²) in [5.41, 5.74) is 0. The van der Waals surface area contributed by atoms with Gasteiger partial charge in [-0.2, -0.15) is 0 Å². The second-order valence-electron chi connectivity index (χ2n) is 4.95. The number of rotatable bonds is 8. The molecule has 1 atom stereocenters. The molecule has 1 fully saturated rings. The molecule has 0 spiro atoms. The summed E-state index contributed by atoms with van der Waals surface area (Å²) in [5, 5.41) is 11.7. The highest BCUT2D eigenvalue weighted by Crippen LogP contribution is 2.32. The zero-order valence-corrected chi connectivity index (χ0v) is 10.9. The molecule has 0 heterocycles. The van der Waals surface area contributed by atoms with Gasteiger partial charge in [0.15, 0.2) is 0 Å². The van der Waals surface area contributed by atoms with Gasteiger partial charge in [0.05, 0.1) is 6.10 Å². The summed E-state index contributed by atoms with van der Waals surface area (Å²) in [5.74, 6) is 0.631. The zero-order valence-electron chi connectivity index (χ0n) is 10.9. The first kappa shape index (κ1) is 14.5. The molecule has 0 aromatic heterocycles. The molecular formula is C13H25NO3. The Balaban J connectivity index is 2.06. The van der Waals surface area contributed by atoms with Crippen LogP contribution in [0.2, 0.25) is 0 Å². The number of nitrogens with one attached hydrogen (secondary N) is 1. The molecule has 2 N–H and O–H groups in total. The van der Waals surface area contributed by atoms with Gasteiger partial charge in [-0.05, 0) is 45.4 Å². The fourth-order valence-electron chi connectivity index (χ4n) is 2.28. The van der Waals surface area contributed by atoms with Gasteiger partial charge < -0.3 is 15.2 Å². The van der Waals surface area contributed by atoms with E-state index in [-0.39, 0.29) is 18.6 Å². The molecule has 1 rings (SSSR count). The summed E-state index contributed by atoms with van der Waals surface area (Å²) in [4.78, 5) is 11.7. The lowest BCUT2D eigenvalue weighted by Crippen LogP contribution is -2.38. The van der Waals surface area contributed by atoms with Gasteiger partial charge in [-0.25, -0.2) is 0 Å². The van der Waals surface area contributed by atoms with Crippen molar-refractivity contribution in [3.05, 3.63) is 0 Å². The molecule has 0 aliphatic heterocycles. The predicted octanol–water partition coefficient (Wildman–Crippen LogP) is 1.47. The lowest BCUT2D eigenvalue weighted by Gasteiger charge is -2.34. The van der Waals surface area contributed by atoms with Gasteiger partial charge in [-0.1, -0.05) is 0 Å². The van der Waals surface area contributed by atoms with Crippen LogP contribution in [-0.4, -0.2) is 36.4 Å². The molecule has 0 saturated heterocycles. The second-order valence-corrected chi connectivity index (χ2v) is 4.95. The number of carbonyl (C=O) groups is 1. The van der Waals surface area contributed by atoms with Gasteiger partial charge in [0.1, 0.15) is 0 Å². The van der Waals surface area contributed by atoms with Gasteiger partial charge in [0.25, 0.3) is 0 Å². The van der Waals surface area contributed by atoms with Crippen LogP contribution in [0, 0.1) is 5.92 Å². The minimum absolute atomic E-state index is 0.135. The third-order valence-corrected chi connectivity index (χ3v) is 3.27. The maximum atomic E-state index is 11.7. The molecule has 0 aromatic rings. The van der Waals surface area contributed by atoms with Crippen molar-refractivity contribution in [3.8, 4) is 0 Å². The van der Waals surface area contributed by atoms with Crippen LogP contribution in [0.4, 0.5) is 0 Å². The third-order valence-electron chi connectivity index (χ3n) is 3.27. The van der Waals surface area contributed by atoms with E-state index in [9.17, 15) is 4.79 Å². The molecule has 100 valence electrons. The summed E-state index contributed by atoms with van der Waals surface area (Å²) in [7, 11) is 0. The number of hydrogen-bond donors (Lipinski definition) is 2. The Bertz CT molecular complexity index is 227. The second kappa shape index (κ2) is 7.67. The number of carbonyl (C=O) groups excluding carboxylic acids is 1. The first-order valence-electron chi connectivity index (χ1n) is 6.67. The summed E-state index contributed by atoms with van der Waals surface area (Å²) in [6.45, 7) is 4.95. The van der Waals surface area contributed by atoms with Crippen LogP contribution in [0.25, 0.3) is 0 Å². The van der Waals surface area contributed by atoms with Crippen molar-refractivity contribution >= 4 is 5.91 Å². The largest absolute Gasteiger partial charge is 0.396 e. The highest BCUT2D eigenvalue weighted by Gasteiger charge is 2.31. The smallest absolute Gasteiger partial charge is 0.220 e. The molecule has 17 heavy (non-hydrogen) atoms. The normalized spacial score (nSPS) is 25.1. The average molecular weight is 243 g/mol. The molecule has 1 aliphatic carbocycles. The van der Waals surface area contributed by atoms with E-state index >= 15 is 0 Å². The van der Waals surface area contributed by atoms with E-state index in [4.69, 9.17) is 9.84 Å². The van der Waals surface area contributed by atoms with Crippen molar-refractivity contribution in [1.29, 1.82) is 0 Å². The van der Waals surface area contributed by atoms with Gasteiger partial charge in [-0.3, -0.25) is 4.79 Å². The lowest BCUT2D eigenvalue weighted by atomic mass is 9.80. The first-order chi connectivity index (χ1) is 8.15. The summed E-state index contributed by atoms with van der Waals surface area (Å²) >= 11 is 0. The van der Waals surface area contributed by atoms with Crippen LogP contribution in [0.15, 0.2) is 0 Å². The number of amides is 1. The van der Waals surface area contributed by atoms with Crippen LogP contribution in [-0.2, 0) is 9.53 Å². The van der Waals surface area contributed by atoms with E-state index in [0.717, 1.165) is 32.3 Å². The molecule has 1 aliphatic rings. The SMILES string of the molecule is CCOC1CC(CC(=O)NC(C)CCCO)C1. The van der Waals surface area contributed by atoms with Crippen molar-refractivity contribution in [2.75, 3.05) is 13.2 Å². The van der Waals surface area contributed by atoms with E-state index in [0.29, 0.717) is 18.4 Å². The number of ether oxygens (including phenoxy) is 1. The zero-order chi connectivity index (χ0) is 12.7. The van der Waals surface area contributed by atoms with E-state index < -0.39 is 0 Å². The van der Waals surface area contributed by atoms with Crippen LogP contribution >= 0.6 is 0 Å². The fraction of sp³-hybridized carbons (Fsp3) is 0.923. The first-order valence-corrected chi connectivity index (χ1v) is 6.67. The minimum atomic E-state index is 0.135. The van der Waals surface area contributed by atoms with Gasteiger partial charge in [0, 0.05) is 25.7 Å². The molecular weight excluding hydrogens is 218 g/mol. The molecule has 0 aromatic carbocycles. The van der Waals surface area contributed by atoms with Crippen LogP contribution in [0.5, 0.6) is 0 Å². The number of hydrogen-bond acceptors (Lipinski definition) is 3. The summed E-state index contributed by atoms with van der Waals surface area (Å²) in [6.07, 6.45) is 4.63. The summed E-state index contributed by atoms with van der Waals surface area (Å²) in [6, 6.07) is 0.164. The van der Waals surface area contributed by atoms with Crippen molar-refractivity contribution < 1.29 is 14.6 Å². The fourth-order valence-corrected chi connectivity index (χ4v) is 2.28. The highest BCUT2D eigenvalue weighted by atomic mass is 16.5. The molecule has 1 amide bonds. The third kappa shape index (κ3) is 5.50. The van der Waals surface area contributed by atoms with E-state index in [1.807, 2.05) is 13.8 Å². The average Bonchev–Trinajstić information content (AvgIpc) is 2.23. The van der Waals surface area contributed by atoms with Crippen molar-refractivity contribution in [2.24, 2.45) is 5.92 Å². The minimum Gasteiger partial charge on any atom is -0.396 e. The van der Waals surface area contributed by atoms with E-state index in [2.05, 4.69) is 5.32 Å². The van der Waals surface area contributed by atoms with E-state index in [1.54, 1.807) is 0 Å². The predicted molar refractivity (Wildman–Crippen MR) is 66.7 cm³/mol. The van der Waals surface area contributed by atoms with Crippen LogP contribution in [0.3, 0.4) is 0 Å². The Morgan fingerprint density at radius 1 is 1.53 bits per heavy atom. The Morgan fingerprint density at radius 3 is 2.82 bits per heavy atom. The van der Waals surface area contributed by atoms with Gasteiger partial charge in [-0.15, -0.1) is 0 Å². The summed E-state index contributed by atoms with van der Waals surface area (Å²) < 4.78 is 5.46. The van der Waals surface area contributed by atoms with E-state index in [1.165, 1.54) is 0 Å². The van der Waals surface area contributed by atoms with Crippen LogP contribution in [0.1, 0.15) is 46.0 Å². The van der Waals surface area contributed by atoms with Crippen molar-refractivity contribution in [2.45, 2.75) is 58.1 Å². The molecule has 1 saturated carbocycles. The van der Waals surface area contributed by atoms with Gasteiger partial charge >= 0.3 is 0 Å². The van der Waals surface area contributed by atoms with Gasteiger partial charge in [0.2, 0.25) is 5.91 Å². The highest BCUT2D eigenvalue weighted by molar-refractivity contribution is 5.76. The maximum Gasteiger partial charge on any atom is 0.220 e. The Labute approximate surface area is 104 Å². The number of aliphatic hydroxyl groups excluding tert-OH is 1. The Hall–Kier alpha value is -0.610. The Kier molecular flexibility index (Phi) is 6.52. The maximum absolute atomic E-state index is 11.7. The molecule has 0 bridgehead atoms. The topological polar surface area (TPSA) is 58.6 Å². The molecule has 4 heteroatoms. The molecule has 4 nitrogen and oxygen atoms in total. The molecule has 0 radical (unpaired) electrons. The van der Waals surface area contributed by atoms with Crippen molar-refractivity contribution in [3.63, 3.8) is 0 Å². The standard InChI is InChI=1S/C13H25NO3/c1-3-17-12-7-11(8-12)9-13(16)14-10(2)5-4-6-15/h10-12,15H,3-9H2,1-2H3,(H,14,16). The van der Waals surface area contributed by atoms with Crippen molar-refractivity contribution in [1.82, 2.24) is 5.32 Å². The Morgan fingerprint density at radius 2 is 2.24 bits per heavy atom. The van der Waals surface area contributed by atoms with Crippen LogP contribution < -0.4 is 5.32 Å². The number of aliphatic hydroxyl groups is 1. The quantitative estimate of drug-likeness (QED) is 0.678. The monoisotopic (exact) mass is 243 g/mol. The lowest BCUT2D eigenvalue weighted by molar-refractivity contribution is -0.125. The molecule has 1 unspecified atom stereocenters.